The standard InChI is InChI=1S/C30H41NO3/c1-26(2)11-8-17-9-13-29(6)24(23(17)18(26)16-31)19(32)14-21-28(5)12-10-22(34)27(3,4)25(28)20(33)15-30(21,29)7/h10,12,14,17-18,20,23-25,33H,8-9,11,13,15H2,1-7H3. The summed E-state index contributed by atoms with van der Waals surface area (Å²) in [6, 6.07) is 2.65. The Balaban J connectivity index is 1.70. The summed E-state index contributed by atoms with van der Waals surface area (Å²) in [5.41, 5.74) is -0.944. The summed E-state index contributed by atoms with van der Waals surface area (Å²) in [6.45, 7) is 14.9. The molecule has 5 rings (SSSR count). The summed E-state index contributed by atoms with van der Waals surface area (Å²) in [7, 11) is 0. The van der Waals surface area contributed by atoms with Gasteiger partial charge in [0.2, 0.25) is 0 Å². The van der Waals surface area contributed by atoms with Gasteiger partial charge in [0, 0.05) is 22.7 Å². The molecule has 0 radical (unpaired) electrons. The van der Waals surface area contributed by atoms with Crippen LogP contribution in [0.3, 0.4) is 0 Å². The molecule has 0 aromatic rings. The zero-order valence-corrected chi connectivity index (χ0v) is 21.9. The van der Waals surface area contributed by atoms with Crippen molar-refractivity contribution in [1.29, 1.82) is 5.26 Å². The molecule has 9 unspecified atom stereocenters. The SMILES string of the molecule is CC1(C)CCC2CCC3(C)C(C(=O)C=C4C5(C)C=CC(=O)C(C)(C)C5C(O)CC43C)C2C1C#N. The fourth-order valence-electron chi connectivity index (χ4n) is 9.89. The van der Waals surface area contributed by atoms with Crippen LogP contribution >= 0.6 is 0 Å². The lowest BCUT2D eigenvalue weighted by atomic mass is 9.35. The van der Waals surface area contributed by atoms with E-state index in [2.05, 4.69) is 40.7 Å². The average molecular weight is 464 g/mol. The smallest absolute Gasteiger partial charge is 0.161 e. The Bertz CT molecular complexity index is 1060. The predicted molar refractivity (Wildman–Crippen MR) is 131 cm³/mol. The van der Waals surface area contributed by atoms with Crippen LogP contribution < -0.4 is 0 Å². The highest BCUT2D eigenvalue weighted by Gasteiger charge is 2.70. The van der Waals surface area contributed by atoms with E-state index in [0.717, 1.165) is 31.3 Å². The van der Waals surface area contributed by atoms with Crippen LogP contribution in [0, 0.1) is 68.0 Å². The highest BCUT2D eigenvalue weighted by Crippen LogP contribution is 2.73. The lowest BCUT2D eigenvalue weighted by Gasteiger charge is -2.68. The highest BCUT2D eigenvalue weighted by molar-refractivity contribution is 5.98. The minimum Gasteiger partial charge on any atom is -0.393 e. The van der Waals surface area contributed by atoms with Crippen molar-refractivity contribution in [3.8, 4) is 6.07 Å². The molecule has 0 aromatic carbocycles. The predicted octanol–water partition coefficient (Wildman–Crippen LogP) is 5.66. The van der Waals surface area contributed by atoms with Crippen molar-refractivity contribution in [1.82, 2.24) is 0 Å². The van der Waals surface area contributed by atoms with Crippen molar-refractivity contribution in [3.63, 3.8) is 0 Å². The quantitative estimate of drug-likeness (QED) is 0.503. The van der Waals surface area contributed by atoms with E-state index in [1.165, 1.54) is 0 Å². The Morgan fingerprint density at radius 1 is 1.03 bits per heavy atom. The van der Waals surface area contributed by atoms with Crippen molar-refractivity contribution in [2.24, 2.45) is 56.7 Å². The third-order valence-corrected chi connectivity index (χ3v) is 11.8. The number of hydrogen-bond donors (Lipinski definition) is 1. The number of nitriles is 1. The fraction of sp³-hybridized carbons (Fsp3) is 0.767. The lowest BCUT2D eigenvalue weighted by molar-refractivity contribution is -0.173. The Morgan fingerprint density at radius 3 is 2.32 bits per heavy atom. The van der Waals surface area contributed by atoms with Crippen molar-refractivity contribution in [2.75, 3.05) is 0 Å². The van der Waals surface area contributed by atoms with Gasteiger partial charge in [-0.2, -0.15) is 5.26 Å². The van der Waals surface area contributed by atoms with Gasteiger partial charge in [0.1, 0.15) is 0 Å². The summed E-state index contributed by atoms with van der Waals surface area (Å²) < 4.78 is 0. The number of rotatable bonds is 0. The zero-order valence-electron chi connectivity index (χ0n) is 21.9. The van der Waals surface area contributed by atoms with Crippen LogP contribution in [0.15, 0.2) is 23.8 Å². The largest absolute Gasteiger partial charge is 0.393 e. The molecule has 4 nitrogen and oxygen atoms in total. The number of fused-ring (bicyclic) bond motifs is 7. The van der Waals surface area contributed by atoms with E-state index in [1.54, 1.807) is 6.08 Å². The molecule has 0 saturated heterocycles. The van der Waals surface area contributed by atoms with Crippen LogP contribution in [-0.2, 0) is 9.59 Å². The monoisotopic (exact) mass is 463 g/mol. The molecule has 9 atom stereocenters. The summed E-state index contributed by atoms with van der Waals surface area (Å²) in [6.07, 6.45) is 9.59. The van der Waals surface area contributed by atoms with E-state index in [9.17, 15) is 20.0 Å². The number of allylic oxidation sites excluding steroid dienone is 4. The van der Waals surface area contributed by atoms with Crippen LogP contribution in [0.4, 0.5) is 0 Å². The van der Waals surface area contributed by atoms with E-state index < -0.39 is 16.9 Å². The number of hydrogen-bond acceptors (Lipinski definition) is 4. The molecule has 3 saturated carbocycles. The molecule has 0 bridgehead atoms. The van der Waals surface area contributed by atoms with Gasteiger partial charge in [-0.1, -0.05) is 54.5 Å². The average Bonchev–Trinajstić information content (AvgIpc) is 2.72. The van der Waals surface area contributed by atoms with Gasteiger partial charge in [0.25, 0.3) is 0 Å². The summed E-state index contributed by atoms with van der Waals surface area (Å²) in [5, 5.41) is 21.9. The van der Waals surface area contributed by atoms with E-state index in [4.69, 9.17) is 0 Å². The van der Waals surface area contributed by atoms with E-state index >= 15 is 0 Å². The second-order valence-corrected chi connectivity index (χ2v) is 14.1. The molecule has 184 valence electrons. The Labute approximate surface area is 204 Å². The lowest BCUT2D eigenvalue weighted by Crippen LogP contribution is -2.66. The van der Waals surface area contributed by atoms with Gasteiger partial charge in [-0.15, -0.1) is 0 Å². The first-order chi connectivity index (χ1) is 15.6. The second-order valence-electron chi connectivity index (χ2n) is 14.1. The molecule has 0 spiro atoms. The van der Waals surface area contributed by atoms with Crippen molar-refractivity contribution >= 4 is 11.6 Å². The van der Waals surface area contributed by atoms with Crippen LogP contribution in [0.2, 0.25) is 0 Å². The molecule has 34 heavy (non-hydrogen) atoms. The molecule has 0 heterocycles. The normalized spacial score (nSPS) is 50.7. The maximum absolute atomic E-state index is 14.1. The number of carbonyl (C=O) groups is 2. The van der Waals surface area contributed by atoms with E-state index in [-0.39, 0.29) is 51.5 Å². The van der Waals surface area contributed by atoms with E-state index in [1.807, 2.05) is 26.0 Å². The van der Waals surface area contributed by atoms with Gasteiger partial charge in [-0.3, -0.25) is 9.59 Å². The maximum Gasteiger partial charge on any atom is 0.161 e. The van der Waals surface area contributed by atoms with Gasteiger partial charge in [0.15, 0.2) is 11.6 Å². The molecule has 0 aromatic heterocycles. The summed E-state index contributed by atoms with van der Waals surface area (Å²) in [5.74, 6) is 0.105. The molecule has 0 aliphatic heterocycles. The number of aliphatic hydroxyl groups excluding tert-OH is 1. The molecule has 1 N–H and O–H groups in total. The molecule has 0 amide bonds. The first-order valence-corrected chi connectivity index (χ1v) is 13.2. The minimum atomic E-state index is -0.692. The Morgan fingerprint density at radius 2 is 1.68 bits per heavy atom. The van der Waals surface area contributed by atoms with Crippen LogP contribution in [-0.4, -0.2) is 22.8 Å². The van der Waals surface area contributed by atoms with Gasteiger partial charge in [-0.05, 0) is 77.9 Å². The van der Waals surface area contributed by atoms with Crippen molar-refractivity contribution in [3.05, 3.63) is 23.8 Å². The van der Waals surface area contributed by atoms with Gasteiger partial charge >= 0.3 is 0 Å². The summed E-state index contributed by atoms with van der Waals surface area (Å²) >= 11 is 0. The topological polar surface area (TPSA) is 78.2 Å². The maximum atomic E-state index is 14.1. The molecular formula is C30H41NO3. The molecule has 4 heteroatoms. The number of aliphatic hydroxyl groups is 1. The summed E-state index contributed by atoms with van der Waals surface area (Å²) in [4.78, 5) is 27.0. The van der Waals surface area contributed by atoms with Gasteiger partial charge < -0.3 is 5.11 Å². The third kappa shape index (κ3) is 2.69. The minimum absolute atomic E-state index is 0.0475. The Kier molecular flexibility index (Phi) is 4.89. The van der Waals surface area contributed by atoms with Crippen LogP contribution in [0.5, 0.6) is 0 Å². The fourth-order valence-corrected chi connectivity index (χ4v) is 9.89. The van der Waals surface area contributed by atoms with Crippen LogP contribution in [0.25, 0.3) is 0 Å². The first kappa shape index (κ1) is 24.0. The molecule has 5 aliphatic carbocycles. The Hall–Kier alpha value is -1.73. The van der Waals surface area contributed by atoms with Gasteiger partial charge in [0.05, 0.1) is 18.1 Å². The number of carbonyl (C=O) groups excluding carboxylic acids is 2. The van der Waals surface area contributed by atoms with E-state index in [0.29, 0.717) is 12.3 Å². The molecule has 5 aliphatic rings. The van der Waals surface area contributed by atoms with Crippen molar-refractivity contribution in [2.45, 2.75) is 86.7 Å². The highest BCUT2D eigenvalue weighted by atomic mass is 16.3. The molecular weight excluding hydrogens is 422 g/mol. The van der Waals surface area contributed by atoms with Crippen LogP contribution in [0.1, 0.15) is 80.6 Å². The second kappa shape index (κ2) is 6.94. The number of nitrogens with zero attached hydrogens (tertiary/aromatic N) is 1. The van der Waals surface area contributed by atoms with Gasteiger partial charge in [-0.25, -0.2) is 0 Å². The third-order valence-electron chi connectivity index (χ3n) is 11.8. The first-order valence-electron chi connectivity index (χ1n) is 13.2. The molecule has 3 fully saturated rings. The zero-order chi connectivity index (χ0) is 25.1. The number of ketones is 2. The van der Waals surface area contributed by atoms with Crippen molar-refractivity contribution < 1.29 is 14.7 Å².